The number of nitrogens with one attached hydrogen (secondary N) is 1. The average molecular weight is 233 g/mol. The lowest BCUT2D eigenvalue weighted by molar-refractivity contribution is 0.563. The largest absolute Gasteiger partial charge is 0.302 e. The lowest BCUT2D eigenvalue weighted by atomic mass is 10.2. The Hall–Kier alpha value is -1.26. The molecule has 0 amide bonds. The normalized spacial score (nSPS) is 12.6. The van der Waals surface area contributed by atoms with Gasteiger partial charge in [0.25, 0.3) is 0 Å². The van der Waals surface area contributed by atoms with Crippen molar-refractivity contribution in [2.24, 2.45) is 0 Å². The topological polar surface area (TPSA) is 37.8 Å². The molecule has 1 N–H and O–H groups in total. The van der Waals surface area contributed by atoms with Crippen LogP contribution in [-0.4, -0.2) is 9.97 Å². The van der Waals surface area contributed by atoms with Crippen LogP contribution in [0.15, 0.2) is 29.9 Å². The molecule has 2 aromatic rings. The van der Waals surface area contributed by atoms with Crippen molar-refractivity contribution in [3.05, 3.63) is 46.2 Å². The highest BCUT2D eigenvalue weighted by molar-refractivity contribution is 7.09. The molecule has 0 aliphatic rings. The monoisotopic (exact) mass is 233 g/mol. The zero-order valence-corrected chi connectivity index (χ0v) is 10.3. The van der Waals surface area contributed by atoms with Crippen LogP contribution in [0.2, 0.25) is 0 Å². The summed E-state index contributed by atoms with van der Waals surface area (Å²) in [6.45, 7) is 4.99. The van der Waals surface area contributed by atoms with E-state index in [0.29, 0.717) is 0 Å². The molecule has 0 spiro atoms. The van der Waals surface area contributed by atoms with Gasteiger partial charge in [-0.05, 0) is 25.5 Å². The molecule has 4 heteroatoms. The molecule has 0 aliphatic heterocycles. The summed E-state index contributed by atoms with van der Waals surface area (Å²) < 4.78 is 0. The van der Waals surface area contributed by atoms with Gasteiger partial charge in [-0.15, -0.1) is 11.3 Å². The summed E-state index contributed by atoms with van der Waals surface area (Å²) >= 11 is 1.68. The fourth-order valence-corrected chi connectivity index (χ4v) is 2.16. The van der Waals surface area contributed by atoms with Crippen molar-refractivity contribution in [3.8, 4) is 0 Å². The third kappa shape index (κ3) is 2.65. The van der Waals surface area contributed by atoms with Gasteiger partial charge in [0.1, 0.15) is 5.01 Å². The van der Waals surface area contributed by atoms with E-state index in [4.69, 9.17) is 0 Å². The van der Waals surface area contributed by atoms with Gasteiger partial charge in [0.05, 0.1) is 11.7 Å². The highest BCUT2D eigenvalue weighted by atomic mass is 32.1. The highest BCUT2D eigenvalue weighted by Gasteiger charge is 2.07. The molecule has 0 radical (unpaired) electrons. The molecule has 2 heterocycles. The van der Waals surface area contributed by atoms with Crippen LogP contribution in [0.1, 0.15) is 29.2 Å². The van der Waals surface area contributed by atoms with Crippen molar-refractivity contribution >= 4 is 11.3 Å². The predicted molar refractivity (Wildman–Crippen MR) is 66.3 cm³/mol. The minimum absolute atomic E-state index is 0.279. The molecule has 0 fully saturated rings. The number of aromatic nitrogens is 2. The Labute approximate surface area is 99.6 Å². The van der Waals surface area contributed by atoms with Crippen LogP contribution in [0.4, 0.5) is 0 Å². The first-order chi connectivity index (χ1) is 7.77. The summed E-state index contributed by atoms with van der Waals surface area (Å²) in [4.78, 5) is 8.64. The fourth-order valence-electron chi connectivity index (χ4n) is 1.49. The Kier molecular flexibility index (Phi) is 3.64. The van der Waals surface area contributed by atoms with Crippen LogP contribution < -0.4 is 5.32 Å². The molecule has 16 heavy (non-hydrogen) atoms. The second kappa shape index (κ2) is 5.18. The van der Waals surface area contributed by atoms with Crippen molar-refractivity contribution in [1.29, 1.82) is 0 Å². The number of pyridine rings is 1. The van der Waals surface area contributed by atoms with Crippen LogP contribution in [0.5, 0.6) is 0 Å². The molecule has 2 rings (SSSR count). The summed E-state index contributed by atoms with van der Waals surface area (Å²) in [5.41, 5.74) is 2.33. The Morgan fingerprint density at radius 2 is 2.25 bits per heavy atom. The first kappa shape index (κ1) is 11.2. The predicted octanol–water partition coefficient (Wildman–Crippen LogP) is 2.70. The Bertz CT molecular complexity index is 439. The zero-order chi connectivity index (χ0) is 11.4. The minimum Gasteiger partial charge on any atom is -0.302 e. The third-order valence-electron chi connectivity index (χ3n) is 2.52. The van der Waals surface area contributed by atoms with Crippen molar-refractivity contribution in [2.75, 3.05) is 0 Å². The second-order valence-electron chi connectivity index (χ2n) is 3.74. The first-order valence-corrected chi connectivity index (χ1v) is 6.18. The molecule has 1 atom stereocenters. The molecule has 0 saturated heterocycles. The number of thiazole rings is 1. The molecule has 2 aromatic heterocycles. The second-order valence-corrected chi connectivity index (χ2v) is 4.67. The standard InChI is InChI=1S/C12H15N3S/c1-9-4-3-5-13-11(9)8-15-10(2)12-14-6-7-16-12/h3-7,10,15H,8H2,1-2H3. The van der Waals surface area contributed by atoms with Gasteiger partial charge in [0.2, 0.25) is 0 Å². The van der Waals surface area contributed by atoms with E-state index in [9.17, 15) is 0 Å². The van der Waals surface area contributed by atoms with Gasteiger partial charge in [-0.1, -0.05) is 6.07 Å². The quantitative estimate of drug-likeness (QED) is 0.882. The SMILES string of the molecule is Cc1cccnc1CNC(C)c1nccs1. The van der Waals surface area contributed by atoms with E-state index in [1.165, 1.54) is 5.56 Å². The molecule has 0 bridgehead atoms. The van der Waals surface area contributed by atoms with Crippen molar-refractivity contribution < 1.29 is 0 Å². The van der Waals surface area contributed by atoms with Gasteiger partial charge in [-0.25, -0.2) is 4.98 Å². The maximum Gasteiger partial charge on any atom is 0.109 e. The Morgan fingerprint density at radius 3 is 2.94 bits per heavy atom. The smallest absolute Gasteiger partial charge is 0.109 e. The van der Waals surface area contributed by atoms with E-state index < -0.39 is 0 Å². The maximum absolute atomic E-state index is 4.35. The number of rotatable bonds is 4. The van der Waals surface area contributed by atoms with Crippen LogP contribution in [0, 0.1) is 6.92 Å². The lowest BCUT2D eigenvalue weighted by Gasteiger charge is -2.11. The van der Waals surface area contributed by atoms with Crippen molar-refractivity contribution in [1.82, 2.24) is 15.3 Å². The molecule has 0 aromatic carbocycles. The van der Waals surface area contributed by atoms with E-state index in [-0.39, 0.29) is 6.04 Å². The molecular weight excluding hydrogens is 218 g/mol. The van der Waals surface area contributed by atoms with E-state index in [1.807, 2.05) is 23.8 Å². The number of hydrogen-bond donors (Lipinski definition) is 1. The third-order valence-corrected chi connectivity index (χ3v) is 3.47. The van der Waals surface area contributed by atoms with Crippen molar-refractivity contribution in [3.63, 3.8) is 0 Å². The van der Waals surface area contributed by atoms with Crippen LogP contribution in [0.25, 0.3) is 0 Å². The number of nitrogens with zero attached hydrogens (tertiary/aromatic N) is 2. The van der Waals surface area contributed by atoms with E-state index >= 15 is 0 Å². The summed E-state index contributed by atoms with van der Waals surface area (Å²) in [7, 11) is 0. The van der Waals surface area contributed by atoms with E-state index in [0.717, 1.165) is 17.2 Å². The summed E-state index contributed by atoms with van der Waals surface area (Å²) in [6, 6.07) is 4.32. The summed E-state index contributed by atoms with van der Waals surface area (Å²) in [5, 5.41) is 6.55. The van der Waals surface area contributed by atoms with Crippen LogP contribution >= 0.6 is 11.3 Å². The minimum atomic E-state index is 0.279. The molecular formula is C12H15N3S. The first-order valence-electron chi connectivity index (χ1n) is 5.30. The summed E-state index contributed by atoms with van der Waals surface area (Å²) in [6.07, 6.45) is 3.67. The Balaban J connectivity index is 1.95. The molecule has 84 valence electrons. The Morgan fingerprint density at radius 1 is 1.38 bits per heavy atom. The molecule has 0 aliphatic carbocycles. The van der Waals surface area contributed by atoms with Crippen molar-refractivity contribution in [2.45, 2.75) is 26.4 Å². The van der Waals surface area contributed by atoms with E-state index in [1.54, 1.807) is 11.3 Å². The fraction of sp³-hybridized carbons (Fsp3) is 0.333. The molecule has 0 saturated carbocycles. The van der Waals surface area contributed by atoms with Gasteiger partial charge >= 0.3 is 0 Å². The van der Waals surface area contributed by atoms with Gasteiger partial charge in [-0.3, -0.25) is 4.98 Å². The highest BCUT2D eigenvalue weighted by Crippen LogP contribution is 2.15. The maximum atomic E-state index is 4.35. The zero-order valence-electron chi connectivity index (χ0n) is 9.47. The van der Waals surface area contributed by atoms with Gasteiger partial charge in [0.15, 0.2) is 0 Å². The van der Waals surface area contributed by atoms with E-state index in [2.05, 4.69) is 35.2 Å². The number of aryl methyl sites for hydroxylation is 1. The number of hydrogen-bond acceptors (Lipinski definition) is 4. The van der Waals surface area contributed by atoms with Crippen LogP contribution in [0.3, 0.4) is 0 Å². The molecule has 3 nitrogen and oxygen atoms in total. The summed E-state index contributed by atoms with van der Waals surface area (Å²) in [5.74, 6) is 0. The van der Waals surface area contributed by atoms with Gasteiger partial charge in [0, 0.05) is 24.3 Å². The average Bonchev–Trinajstić information content (AvgIpc) is 2.81. The van der Waals surface area contributed by atoms with Gasteiger partial charge < -0.3 is 5.32 Å². The molecule has 1 unspecified atom stereocenters. The van der Waals surface area contributed by atoms with Crippen LogP contribution in [-0.2, 0) is 6.54 Å². The lowest BCUT2D eigenvalue weighted by Crippen LogP contribution is -2.19. The van der Waals surface area contributed by atoms with Gasteiger partial charge in [-0.2, -0.15) is 0 Å².